The fourth-order valence-electron chi connectivity index (χ4n) is 1.94. The highest BCUT2D eigenvalue weighted by atomic mass is 16.7. The van der Waals surface area contributed by atoms with Crippen LogP contribution < -0.4 is 20.9 Å². The lowest BCUT2D eigenvalue weighted by molar-refractivity contribution is -0.163. The van der Waals surface area contributed by atoms with E-state index in [1.54, 1.807) is 0 Å². The minimum Gasteiger partial charge on any atom is -0.327 e. The van der Waals surface area contributed by atoms with Gasteiger partial charge in [-0.15, -0.1) is 5.01 Å². The van der Waals surface area contributed by atoms with Crippen molar-refractivity contribution >= 4 is 24.0 Å². The highest BCUT2D eigenvalue weighted by Crippen LogP contribution is 2.20. The van der Waals surface area contributed by atoms with E-state index in [1.165, 1.54) is 0 Å². The van der Waals surface area contributed by atoms with Crippen LogP contribution in [0.2, 0.25) is 0 Å². The van der Waals surface area contributed by atoms with Gasteiger partial charge in [0.25, 0.3) is 0 Å². The first-order chi connectivity index (χ1) is 11.0. The Balaban J connectivity index is 2.59. The molecule has 1 aromatic rings. The van der Waals surface area contributed by atoms with Gasteiger partial charge in [0.2, 0.25) is 0 Å². The molecule has 14 nitrogen and oxygen atoms in total. The van der Waals surface area contributed by atoms with Crippen molar-refractivity contribution in [3.63, 3.8) is 0 Å². The van der Waals surface area contributed by atoms with Crippen molar-refractivity contribution in [1.82, 2.24) is 29.4 Å². The summed E-state index contributed by atoms with van der Waals surface area (Å²) < 4.78 is -1.17. The second kappa shape index (κ2) is 5.34. The van der Waals surface area contributed by atoms with Crippen LogP contribution in [0.4, 0.5) is 9.59 Å². The van der Waals surface area contributed by atoms with Crippen molar-refractivity contribution in [2.45, 2.75) is 13.8 Å². The second-order valence-corrected chi connectivity index (χ2v) is 4.77. The molecule has 0 bridgehead atoms. The molecular formula is C10H13N6O8+. The quantitative estimate of drug-likeness (QED) is 0.579. The number of H-pyrrole nitrogens is 1. The summed E-state index contributed by atoms with van der Waals surface area (Å²) in [6, 6.07) is -2.23. The van der Waals surface area contributed by atoms with E-state index in [0.29, 0.717) is 9.80 Å². The van der Waals surface area contributed by atoms with E-state index in [4.69, 9.17) is 0 Å². The van der Waals surface area contributed by atoms with E-state index in [-0.39, 0.29) is 9.79 Å². The first-order valence-corrected chi connectivity index (χ1v) is 6.33. The van der Waals surface area contributed by atoms with E-state index in [2.05, 4.69) is 9.68 Å². The van der Waals surface area contributed by atoms with Gasteiger partial charge in [0, 0.05) is 13.8 Å². The molecule has 0 saturated carbocycles. The molecule has 0 aromatic carbocycles. The SMILES string of the molecule is CC(=O)ON1C(=O)N(C)[N+](C)(n2[nH]c(=O)n(OC(C)=O)c2=O)C1=O. The van der Waals surface area contributed by atoms with Crippen LogP contribution in [-0.2, 0) is 14.4 Å². The predicted molar refractivity (Wildman–Crippen MR) is 72.2 cm³/mol. The summed E-state index contributed by atoms with van der Waals surface area (Å²) in [6.07, 6.45) is 0. The zero-order valence-corrected chi connectivity index (χ0v) is 13.0. The van der Waals surface area contributed by atoms with Gasteiger partial charge in [-0.05, 0) is 14.6 Å². The summed E-state index contributed by atoms with van der Waals surface area (Å²) in [5, 5.41) is 2.82. The molecular weight excluding hydrogens is 332 g/mol. The Morgan fingerprint density at radius 1 is 1.04 bits per heavy atom. The van der Waals surface area contributed by atoms with E-state index in [0.717, 1.165) is 27.9 Å². The van der Waals surface area contributed by atoms with Crippen molar-refractivity contribution in [3.05, 3.63) is 21.0 Å². The van der Waals surface area contributed by atoms with Gasteiger partial charge in [-0.1, -0.05) is 4.73 Å². The molecule has 0 spiro atoms. The maximum Gasteiger partial charge on any atom is 0.513 e. The molecule has 1 fully saturated rings. The Morgan fingerprint density at radius 3 is 2.08 bits per heavy atom. The first-order valence-electron chi connectivity index (χ1n) is 6.33. The molecule has 1 atom stereocenters. The molecule has 1 aliphatic heterocycles. The van der Waals surface area contributed by atoms with Gasteiger partial charge in [0.1, 0.15) is 7.05 Å². The Morgan fingerprint density at radius 2 is 1.58 bits per heavy atom. The summed E-state index contributed by atoms with van der Waals surface area (Å²) in [4.78, 5) is 79.8. The van der Waals surface area contributed by atoms with E-state index in [1.807, 2.05) is 5.10 Å². The van der Waals surface area contributed by atoms with E-state index in [9.17, 15) is 28.8 Å². The van der Waals surface area contributed by atoms with Crippen LogP contribution in [0.1, 0.15) is 13.8 Å². The number of imide groups is 1. The molecule has 2 rings (SSSR count). The Labute approximate surface area is 132 Å². The monoisotopic (exact) mass is 345 g/mol. The number of amides is 4. The van der Waals surface area contributed by atoms with Crippen LogP contribution in [0.25, 0.3) is 0 Å². The number of nitrogens with one attached hydrogen (secondary N) is 1. The number of carbonyl (C=O) groups excluding carboxylic acids is 4. The molecule has 0 radical (unpaired) electrons. The summed E-state index contributed by atoms with van der Waals surface area (Å²) in [5.74, 6) is -1.90. The third-order valence-electron chi connectivity index (χ3n) is 3.14. The van der Waals surface area contributed by atoms with Gasteiger partial charge < -0.3 is 9.68 Å². The topological polar surface area (TPSA) is 153 Å². The molecule has 1 unspecified atom stereocenters. The zero-order valence-electron chi connectivity index (χ0n) is 13.0. The van der Waals surface area contributed by atoms with Gasteiger partial charge in [-0.25, -0.2) is 24.0 Å². The summed E-state index contributed by atoms with van der Waals surface area (Å²) in [6.45, 7) is 1.92. The molecule has 2 heterocycles. The molecule has 0 aliphatic carbocycles. The highest BCUT2D eigenvalue weighted by molar-refractivity contribution is 6.01. The summed E-state index contributed by atoms with van der Waals surface area (Å²) in [5.41, 5.74) is -2.40. The largest absolute Gasteiger partial charge is 0.513 e. The Bertz CT molecular complexity index is 863. The fourth-order valence-corrected chi connectivity index (χ4v) is 1.94. The van der Waals surface area contributed by atoms with Crippen LogP contribution in [-0.4, -0.2) is 62.8 Å². The zero-order chi connectivity index (χ0) is 18.4. The van der Waals surface area contributed by atoms with Gasteiger partial charge in [-0.2, -0.15) is 9.89 Å². The standard InChI is InChI=1S/C10H12N6O8/c1-5(17)23-13-7(19)11-15(9(13)21)16(4)10(22)14(24-6(2)18)8(20)12(16)3/h1-4H3/p+1. The van der Waals surface area contributed by atoms with Gasteiger partial charge in [0.05, 0.1) is 7.05 Å². The highest BCUT2D eigenvalue weighted by Gasteiger charge is 2.61. The first kappa shape index (κ1) is 16.9. The number of carbonyl (C=O) groups is 4. The average molecular weight is 345 g/mol. The number of aromatic amines is 1. The number of nitrogens with zero attached hydrogens (tertiary/aromatic N) is 5. The molecule has 14 heteroatoms. The Hall–Kier alpha value is -3.42. The van der Waals surface area contributed by atoms with Crippen LogP contribution in [0.15, 0.2) is 9.59 Å². The van der Waals surface area contributed by atoms with Crippen molar-refractivity contribution in [1.29, 1.82) is 0 Å². The summed E-state index contributed by atoms with van der Waals surface area (Å²) >= 11 is 0. The molecule has 130 valence electrons. The van der Waals surface area contributed by atoms with E-state index >= 15 is 0 Å². The minimum atomic E-state index is -1.24. The smallest absolute Gasteiger partial charge is 0.327 e. The van der Waals surface area contributed by atoms with Gasteiger partial charge in [-0.3, -0.25) is 0 Å². The van der Waals surface area contributed by atoms with Crippen molar-refractivity contribution in [2.75, 3.05) is 14.1 Å². The molecule has 1 aromatic heterocycles. The number of aromatic nitrogens is 3. The number of hydrogen-bond donors (Lipinski definition) is 1. The minimum absolute atomic E-state index is 0.0753. The van der Waals surface area contributed by atoms with Crippen LogP contribution in [0, 0.1) is 0 Å². The fraction of sp³-hybridized carbons (Fsp3) is 0.400. The number of hydroxylamine groups is 2. The molecule has 4 amide bonds. The number of quaternary nitrogens is 1. The Kier molecular flexibility index (Phi) is 3.77. The number of rotatable bonds is 3. The lowest BCUT2D eigenvalue weighted by Crippen LogP contribution is -2.67. The number of hydrogen-bond acceptors (Lipinski definition) is 8. The summed E-state index contributed by atoms with van der Waals surface area (Å²) in [7, 11) is 2.19. The van der Waals surface area contributed by atoms with Crippen molar-refractivity contribution < 1.29 is 28.9 Å². The third kappa shape index (κ3) is 2.24. The maximum absolute atomic E-state index is 12.4. The van der Waals surface area contributed by atoms with Gasteiger partial charge in [0.15, 0.2) is 0 Å². The molecule has 1 saturated heterocycles. The molecule has 1 aliphatic rings. The van der Waals surface area contributed by atoms with Crippen LogP contribution in [0.5, 0.6) is 0 Å². The van der Waals surface area contributed by atoms with Crippen molar-refractivity contribution in [3.8, 4) is 0 Å². The average Bonchev–Trinajstić information content (AvgIpc) is 2.84. The van der Waals surface area contributed by atoms with Crippen molar-refractivity contribution in [2.24, 2.45) is 0 Å². The van der Waals surface area contributed by atoms with E-state index < -0.39 is 40.1 Å². The predicted octanol–water partition coefficient (Wildman–Crippen LogP) is -2.74. The van der Waals surface area contributed by atoms with Crippen LogP contribution >= 0.6 is 0 Å². The maximum atomic E-state index is 12.4. The lowest BCUT2D eigenvalue weighted by atomic mass is 10.8. The molecule has 24 heavy (non-hydrogen) atoms. The second-order valence-electron chi connectivity index (χ2n) is 4.77. The lowest BCUT2D eigenvalue weighted by Gasteiger charge is -2.26. The van der Waals surface area contributed by atoms with Crippen LogP contribution in [0.3, 0.4) is 0 Å². The molecule has 1 N–H and O–H groups in total. The van der Waals surface area contributed by atoms with Gasteiger partial charge >= 0.3 is 35.4 Å². The third-order valence-corrected chi connectivity index (χ3v) is 3.14. The number of urea groups is 2. The normalized spacial score (nSPS) is 20.5.